The molecule has 1 amide bonds. The first-order valence-corrected chi connectivity index (χ1v) is 11.3. The minimum atomic E-state index is -4.83. The van der Waals surface area contributed by atoms with Crippen molar-refractivity contribution in [2.75, 3.05) is 13.1 Å². The number of benzene rings is 2. The first-order chi connectivity index (χ1) is 14.9. The van der Waals surface area contributed by atoms with Crippen molar-refractivity contribution in [1.29, 1.82) is 0 Å². The average Bonchev–Trinajstić information content (AvgIpc) is 2.73. The van der Waals surface area contributed by atoms with Crippen molar-refractivity contribution < 1.29 is 35.2 Å². The molecule has 1 N–H and O–H groups in total. The highest BCUT2D eigenvalue weighted by Gasteiger charge is 2.40. The Morgan fingerprint density at radius 3 is 2.31 bits per heavy atom. The third kappa shape index (κ3) is 5.09. The SMILES string of the molecule is CC(NC(=O)C1CCN(S(=O)(=O)c2ccccc2C(F)(F)F)CC1)c1ccc(F)cc1F. The summed E-state index contributed by atoms with van der Waals surface area (Å²) in [5, 5.41) is 2.62. The maximum absolute atomic E-state index is 13.9. The third-order valence-electron chi connectivity index (χ3n) is 5.42. The Morgan fingerprint density at radius 1 is 1.09 bits per heavy atom. The van der Waals surface area contributed by atoms with Crippen LogP contribution in [0.4, 0.5) is 22.0 Å². The van der Waals surface area contributed by atoms with Gasteiger partial charge in [-0.05, 0) is 38.0 Å². The van der Waals surface area contributed by atoms with Gasteiger partial charge in [0.2, 0.25) is 15.9 Å². The molecule has 0 radical (unpaired) electrons. The zero-order chi connectivity index (χ0) is 23.7. The van der Waals surface area contributed by atoms with E-state index in [1.807, 2.05) is 0 Å². The van der Waals surface area contributed by atoms with E-state index in [9.17, 15) is 35.2 Å². The van der Waals surface area contributed by atoms with Crippen LogP contribution in [0.5, 0.6) is 0 Å². The summed E-state index contributed by atoms with van der Waals surface area (Å²) in [6.07, 6.45) is -4.64. The predicted molar refractivity (Wildman–Crippen MR) is 106 cm³/mol. The molecular formula is C21H21F5N2O3S. The Bertz CT molecular complexity index is 1100. The number of hydrogen-bond donors (Lipinski definition) is 1. The van der Waals surface area contributed by atoms with Crippen LogP contribution in [0.1, 0.15) is 36.9 Å². The number of piperidine rings is 1. The van der Waals surface area contributed by atoms with E-state index in [-0.39, 0.29) is 31.5 Å². The normalized spacial score (nSPS) is 17.2. The van der Waals surface area contributed by atoms with Crippen molar-refractivity contribution in [3.05, 3.63) is 65.2 Å². The smallest absolute Gasteiger partial charge is 0.349 e. The van der Waals surface area contributed by atoms with Crippen LogP contribution in [-0.4, -0.2) is 31.7 Å². The van der Waals surface area contributed by atoms with Crippen molar-refractivity contribution in [3.63, 3.8) is 0 Å². The van der Waals surface area contributed by atoms with E-state index in [0.29, 0.717) is 12.1 Å². The quantitative estimate of drug-likeness (QED) is 0.656. The largest absolute Gasteiger partial charge is 0.417 e. The standard InChI is InChI=1S/C21H21F5N2O3S/c1-13(16-7-6-15(22)12-18(16)23)27-20(29)14-8-10-28(11-9-14)32(30,31)19-5-3-2-4-17(19)21(24,25)26/h2-7,12-14H,8-11H2,1H3,(H,27,29). The predicted octanol–water partition coefficient (Wildman–Crippen LogP) is 4.26. The molecule has 32 heavy (non-hydrogen) atoms. The first kappa shape index (κ1) is 24.1. The summed E-state index contributed by atoms with van der Waals surface area (Å²) in [6, 6.07) is 6.22. The highest BCUT2D eigenvalue weighted by molar-refractivity contribution is 7.89. The molecule has 0 aromatic heterocycles. The van der Waals surface area contributed by atoms with E-state index in [1.165, 1.54) is 19.1 Å². The van der Waals surface area contributed by atoms with Crippen molar-refractivity contribution in [2.24, 2.45) is 5.92 Å². The second-order valence-electron chi connectivity index (χ2n) is 7.57. The molecule has 5 nitrogen and oxygen atoms in total. The second kappa shape index (κ2) is 9.14. The van der Waals surface area contributed by atoms with Crippen LogP contribution in [-0.2, 0) is 21.0 Å². The summed E-state index contributed by atoms with van der Waals surface area (Å²) in [5.74, 6) is -2.58. The fraction of sp³-hybridized carbons (Fsp3) is 0.381. The zero-order valence-corrected chi connectivity index (χ0v) is 17.8. The number of sulfonamides is 1. The molecule has 174 valence electrons. The fourth-order valence-corrected chi connectivity index (χ4v) is 5.37. The number of carbonyl (C=O) groups is 1. The van der Waals surface area contributed by atoms with Gasteiger partial charge in [-0.15, -0.1) is 0 Å². The van der Waals surface area contributed by atoms with Crippen LogP contribution < -0.4 is 5.32 Å². The summed E-state index contributed by atoms with van der Waals surface area (Å²) < 4.78 is 93.3. The molecule has 1 fully saturated rings. The first-order valence-electron chi connectivity index (χ1n) is 9.83. The van der Waals surface area contributed by atoms with Gasteiger partial charge in [0.15, 0.2) is 0 Å². The molecule has 0 bridgehead atoms. The van der Waals surface area contributed by atoms with Crippen molar-refractivity contribution in [1.82, 2.24) is 9.62 Å². The zero-order valence-electron chi connectivity index (χ0n) is 17.0. The average molecular weight is 476 g/mol. The Balaban J connectivity index is 1.66. The van der Waals surface area contributed by atoms with Crippen molar-refractivity contribution in [3.8, 4) is 0 Å². The van der Waals surface area contributed by atoms with E-state index in [0.717, 1.165) is 22.5 Å². The number of nitrogens with zero attached hydrogens (tertiary/aromatic N) is 1. The van der Waals surface area contributed by atoms with Crippen molar-refractivity contribution in [2.45, 2.75) is 36.9 Å². The van der Waals surface area contributed by atoms with Gasteiger partial charge in [-0.25, -0.2) is 17.2 Å². The minimum Gasteiger partial charge on any atom is -0.349 e. The summed E-state index contributed by atoms with van der Waals surface area (Å²) in [4.78, 5) is 11.7. The van der Waals surface area contributed by atoms with Crippen LogP contribution in [0.2, 0.25) is 0 Å². The highest BCUT2D eigenvalue weighted by Crippen LogP contribution is 2.36. The Labute approximate surface area is 182 Å². The molecule has 2 aromatic carbocycles. The Morgan fingerprint density at radius 2 is 1.72 bits per heavy atom. The van der Waals surface area contributed by atoms with E-state index in [1.54, 1.807) is 0 Å². The van der Waals surface area contributed by atoms with Gasteiger partial charge in [0.1, 0.15) is 11.6 Å². The number of alkyl halides is 3. The summed E-state index contributed by atoms with van der Waals surface area (Å²) in [5.41, 5.74) is -1.14. The maximum Gasteiger partial charge on any atom is 0.417 e. The number of rotatable bonds is 5. The topological polar surface area (TPSA) is 66.5 Å². The lowest BCUT2D eigenvalue weighted by atomic mass is 9.96. The molecule has 0 saturated carbocycles. The van der Waals surface area contributed by atoms with Crippen molar-refractivity contribution >= 4 is 15.9 Å². The Kier molecular flexibility index (Phi) is 6.89. The summed E-state index contributed by atoms with van der Waals surface area (Å²) in [6.45, 7) is 1.26. The molecule has 1 heterocycles. The van der Waals surface area contributed by atoms with Gasteiger partial charge in [-0.3, -0.25) is 4.79 Å². The number of hydrogen-bond acceptors (Lipinski definition) is 3. The minimum absolute atomic E-state index is 0.0951. The lowest BCUT2D eigenvalue weighted by Gasteiger charge is -2.31. The van der Waals surface area contributed by atoms with Gasteiger partial charge in [0.05, 0.1) is 16.5 Å². The van der Waals surface area contributed by atoms with E-state index in [2.05, 4.69) is 5.32 Å². The van der Waals surface area contributed by atoms with Crippen LogP contribution in [0, 0.1) is 17.6 Å². The molecule has 1 saturated heterocycles. The lowest BCUT2D eigenvalue weighted by molar-refractivity contribution is -0.139. The van der Waals surface area contributed by atoms with E-state index >= 15 is 0 Å². The molecule has 1 atom stereocenters. The highest BCUT2D eigenvalue weighted by atomic mass is 32.2. The number of carbonyl (C=O) groups excluding carboxylic acids is 1. The second-order valence-corrected chi connectivity index (χ2v) is 9.47. The summed E-state index contributed by atoms with van der Waals surface area (Å²) >= 11 is 0. The molecule has 1 aliphatic rings. The molecule has 0 aliphatic carbocycles. The maximum atomic E-state index is 13.9. The van der Waals surface area contributed by atoms with Gasteiger partial charge in [-0.1, -0.05) is 18.2 Å². The monoisotopic (exact) mass is 476 g/mol. The van der Waals surface area contributed by atoms with Gasteiger partial charge in [0.25, 0.3) is 0 Å². The van der Waals surface area contributed by atoms with E-state index < -0.39 is 56.2 Å². The van der Waals surface area contributed by atoms with Gasteiger partial charge >= 0.3 is 6.18 Å². The number of halogens is 5. The number of nitrogens with one attached hydrogen (secondary N) is 1. The summed E-state index contributed by atoms with van der Waals surface area (Å²) in [7, 11) is -4.40. The van der Waals surface area contributed by atoms with Crippen LogP contribution in [0.25, 0.3) is 0 Å². The van der Waals surface area contributed by atoms with E-state index in [4.69, 9.17) is 0 Å². The van der Waals surface area contributed by atoms with Gasteiger partial charge in [-0.2, -0.15) is 17.5 Å². The third-order valence-corrected chi connectivity index (χ3v) is 7.38. The molecule has 0 spiro atoms. The van der Waals surface area contributed by atoms with Crippen LogP contribution >= 0.6 is 0 Å². The molecule has 3 rings (SSSR count). The molecule has 1 unspecified atom stereocenters. The lowest BCUT2D eigenvalue weighted by Crippen LogP contribution is -2.43. The molecular weight excluding hydrogens is 455 g/mol. The molecule has 2 aromatic rings. The van der Waals surface area contributed by atoms with Gasteiger partial charge in [0, 0.05) is 30.6 Å². The number of amides is 1. The van der Waals surface area contributed by atoms with Crippen LogP contribution in [0.3, 0.4) is 0 Å². The Hall–Kier alpha value is -2.53. The molecule has 1 aliphatic heterocycles. The molecule has 11 heteroatoms. The van der Waals surface area contributed by atoms with Gasteiger partial charge < -0.3 is 5.32 Å². The van der Waals surface area contributed by atoms with Crippen LogP contribution in [0.15, 0.2) is 47.4 Å². The fourth-order valence-electron chi connectivity index (χ4n) is 3.68.